The second kappa shape index (κ2) is 5.13. The van der Waals surface area contributed by atoms with Gasteiger partial charge in [0.1, 0.15) is 5.75 Å². The Bertz CT molecular complexity index is 547. The van der Waals surface area contributed by atoms with Crippen LogP contribution in [0.4, 0.5) is 5.69 Å². The number of hydrogen-bond acceptors (Lipinski definition) is 2. The molecule has 0 amide bonds. The molecule has 0 aliphatic heterocycles. The minimum absolute atomic E-state index is 0.511. The van der Waals surface area contributed by atoms with Crippen LogP contribution in [0.25, 0.3) is 11.1 Å². The summed E-state index contributed by atoms with van der Waals surface area (Å²) in [6.45, 7) is 4.38. The van der Waals surface area contributed by atoms with Gasteiger partial charge in [-0.1, -0.05) is 38.1 Å². The molecular formula is C16H19NO. The molecule has 2 aromatic rings. The number of nitrogen functional groups attached to an aromatic ring is 1. The molecule has 2 nitrogen and oxygen atoms in total. The largest absolute Gasteiger partial charge is 0.496 e. The standard InChI is InChI=1S/C16H19NO/c1-11(2)12-5-4-6-13(9-12)15-10-14(17)7-8-16(15)18-3/h4-11H,17H2,1-3H3. The molecule has 94 valence electrons. The molecule has 2 rings (SSSR count). The monoisotopic (exact) mass is 241 g/mol. The van der Waals surface area contributed by atoms with Gasteiger partial charge in [-0.2, -0.15) is 0 Å². The average molecular weight is 241 g/mol. The lowest BCUT2D eigenvalue weighted by molar-refractivity contribution is 0.416. The van der Waals surface area contributed by atoms with E-state index in [2.05, 4.69) is 38.1 Å². The van der Waals surface area contributed by atoms with E-state index in [4.69, 9.17) is 10.5 Å². The molecule has 0 fully saturated rings. The maximum Gasteiger partial charge on any atom is 0.126 e. The summed E-state index contributed by atoms with van der Waals surface area (Å²) >= 11 is 0. The van der Waals surface area contributed by atoms with Gasteiger partial charge in [-0.05, 0) is 35.2 Å². The fraction of sp³-hybridized carbons (Fsp3) is 0.250. The molecule has 0 unspecified atom stereocenters. The van der Waals surface area contributed by atoms with Gasteiger partial charge in [-0.25, -0.2) is 0 Å². The zero-order valence-corrected chi connectivity index (χ0v) is 11.1. The highest BCUT2D eigenvalue weighted by Crippen LogP contribution is 2.33. The zero-order valence-electron chi connectivity index (χ0n) is 11.1. The Morgan fingerprint density at radius 1 is 1.06 bits per heavy atom. The molecule has 18 heavy (non-hydrogen) atoms. The Balaban J connectivity index is 2.54. The Kier molecular flexibility index (Phi) is 3.56. The molecule has 0 spiro atoms. The molecule has 0 heterocycles. The minimum atomic E-state index is 0.511. The van der Waals surface area contributed by atoms with Crippen LogP contribution in [-0.4, -0.2) is 7.11 Å². The lowest BCUT2D eigenvalue weighted by Crippen LogP contribution is -1.93. The van der Waals surface area contributed by atoms with Gasteiger partial charge in [0.2, 0.25) is 0 Å². The van der Waals surface area contributed by atoms with E-state index in [0.717, 1.165) is 22.6 Å². The molecule has 0 aliphatic carbocycles. The number of hydrogen-bond donors (Lipinski definition) is 1. The molecule has 0 saturated carbocycles. The molecule has 0 aliphatic rings. The second-order valence-electron chi connectivity index (χ2n) is 4.74. The Morgan fingerprint density at radius 3 is 2.50 bits per heavy atom. The van der Waals surface area contributed by atoms with E-state index >= 15 is 0 Å². The maximum absolute atomic E-state index is 5.86. The van der Waals surface area contributed by atoms with Crippen LogP contribution < -0.4 is 10.5 Å². The molecule has 0 aromatic heterocycles. The third-order valence-electron chi connectivity index (χ3n) is 3.09. The number of methoxy groups -OCH3 is 1. The highest BCUT2D eigenvalue weighted by molar-refractivity contribution is 5.74. The van der Waals surface area contributed by atoms with E-state index in [1.807, 2.05) is 18.2 Å². The normalized spacial score (nSPS) is 10.7. The molecule has 0 atom stereocenters. The Labute approximate surface area is 108 Å². The van der Waals surface area contributed by atoms with Crippen LogP contribution in [0.5, 0.6) is 5.75 Å². The van der Waals surface area contributed by atoms with E-state index in [-0.39, 0.29) is 0 Å². The van der Waals surface area contributed by atoms with Crippen LogP contribution in [0.15, 0.2) is 42.5 Å². The van der Waals surface area contributed by atoms with Crippen LogP contribution in [0.3, 0.4) is 0 Å². The van der Waals surface area contributed by atoms with Crippen molar-refractivity contribution in [2.45, 2.75) is 19.8 Å². The predicted octanol–water partition coefficient (Wildman–Crippen LogP) is 4.07. The number of nitrogens with two attached hydrogens (primary N) is 1. The third kappa shape index (κ3) is 2.48. The SMILES string of the molecule is COc1ccc(N)cc1-c1cccc(C(C)C)c1. The average Bonchev–Trinajstić information content (AvgIpc) is 2.39. The number of benzene rings is 2. The van der Waals surface area contributed by atoms with Crippen molar-refractivity contribution in [3.63, 3.8) is 0 Å². The second-order valence-corrected chi connectivity index (χ2v) is 4.74. The van der Waals surface area contributed by atoms with Gasteiger partial charge >= 0.3 is 0 Å². The lowest BCUT2D eigenvalue weighted by atomic mass is 9.97. The molecular weight excluding hydrogens is 222 g/mol. The molecule has 0 saturated heterocycles. The van der Waals surface area contributed by atoms with E-state index in [9.17, 15) is 0 Å². The number of ether oxygens (including phenoxy) is 1. The summed E-state index contributed by atoms with van der Waals surface area (Å²) < 4.78 is 5.40. The van der Waals surface area contributed by atoms with Gasteiger partial charge < -0.3 is 10.5 Å². The van der Waals surface area contributed by atoms with Gasteiger partial charge in [-0.3, -0.25) is 0 Å². The van der Waals surface area contributed by atoms with Crippen LogP contribution in [0.1, 0.15) is 25.3 Å². The van der Waals surface area contributed by atoms with Gasteiger partial charge in [0.15, 0.2) is 0 Å². The van der Waals surface area contributed by atoms with Crippen LogP contribution in [0, 0.1) is 0 Å². The number of rotatable bonds is 3. The topological polar surface area (TPSA) is 35.2 Å². The van der Waals surface area contributed by atoms with Crippen molar-refractivity contribution in [3.05, 3.63) is 48.0 Å². The summed E-state index contributed by atoms with van der Waals surface area (Å²) in [4.78, 5) is 0. The smallest absolute Gasteiger partial charge is 0.126 e. The summed E-state index contributed by atoms with van der Waals surface area (Å²) in [6, 6.07) is 14.2. The fourth-order valence-electron chi connectivity index (χ4n) is 2.02. The number of anilines is 1. The first-order chi connectivity index (χ1) is 8.61. The maximum atomic E-state index is 5.86. The molecule has 0 radical (unpaired) electrons. The first-order valence-electron chi connectivity index (χ1n) is 6.15. The zero-order chi connectivity index (χ0) is 13.1. The van der Waals surface area contributed by atoms with Crippen molar-refractivity contribution in [2.24, 2.45) is 0 Å². The molecule has 2 N–H and O–H groups in total. The Hall–Kier alpha value is -1.96. The summed E-state index contributed by atoms with van der Waals surface area (Å²) in [5.41, 5.74) is 10.1. The van der Waals surface area contributed by atoms with E-state index in [1.165, 1.54) is 5.56 Å². The lowest BCUT2D eigenvalue weighted by Gasteiger charge is -2.12. The van der Waals surface area contributed by atoms with Crippen LogP contribution in [-0.2, 0) is 0 Å². The van der Waals surface area contributed by atoms with Gasteiger partial charge in [0.05, 0.1) is 7.11 Å². The van der Waals surface area contributed by atoms with Gasteiger partial charge in [0.25, 0.3) is 0 Å². The first-order valence-corrected chi connectivity index (χ1v) is 6.15. The summed E-state index contributed by atoms with van der Waals surface area (Å²) in [7, 11) is 1.68. The van der Waals surface area contributed by atoms with Gasteiger partial charge in [0, 0.05) is 11.3 Å². The van der Waals surface area contributed by atoms with E-state index < -0.39 is 0 Å². The van der Waals surface area contributed by atoms with Crippen LogP contribution in [0.2, 0.25) is 0 Å². The van der Waals surface area contributed by atoms with Gasteiger partial charge in [-0.15, -0.1) is 0 Å². The summed E-state index contributed by atoms with van der Waals surface area (Å²) in [5, 5.41) is 0. The third-order valence-corrected chi connectivity index (χ3v) is 3.09. The summed E-state index contributed by atoms with van der Waals surface area (Å²) in [6.07, 6.45) is 0. The fourth-order valence-corrected chi connectivity index (χ4v) is 2.02. The first kappa shape index (κ1) is 12.5. The van der Waals surface area contributed by atoms with Crippen molar-refractivity contribution < 1.29 is 4.74 Å². The van der Waals surface area contributed by atoms with Crippen molar-refractivity contribution in [1.82, 2.24) is 0 Å². The van der Waals surface area contributed by atoms with Crippen LogP contribution >= 0.6 is 0 Å². The van der Waals surface area contributed by atoms with E-state index in [0.29, 0.717) is 5.92 Å². The highest BCUT2D eigenvalue weighted by atomic mass is 16.5. The summed E-state index contributed by atoms with van der Waals surface area (Å²) in [5.74, 6) is 1.36. The van der Waals surface area contributed by atoms with Crippen molar-refractivity contribution in [2.75, 3.05) is 12.8 Å². The van der Waals surface area contributed by atoms with Crippen molar-refractivity contribution in [3.8, 4) is 16.9 Å². The molecule has 2 aromatic carbocycles. The predicted molar refractivity (Wildman–Crippen MR) is 76.9 cm³/mol. The Morgan fingerprint density at radius 2 is 1.83 bits per heavy atom. The highest BCUT2D eigenvalue weighted by Gasteiger charge is 2.08. The quantitative estimate of drug-likeness (QED) is 0.822. The minimum Gasteiger partial charge on any atom is -0.496 e. The van der Waals surface area contributed by atoms with Crippen molar-refractivity contribution >= 4 is 5.69 Å². The molecule has 2 heteroatoms. The van der Waals surface area contributed by atoms with E-state index in [1.54, 1.807) is 7.11 Å². The molecule has 0 bridgehead atoms. The van der Waals surface area contributed by atoms with Crippen molar-refractivity contribution in [1.29, 1.82) is 0 Å².